The molecule has 3 rings (SSSR count). The Morgan fingerprint density at radius 2 is 1.95 bits per heavy atom. The predicted octanol–water partition coefficient (Wildman–Crippen LogP) is 3.56. The zero-order chi connectivity index (χ0) is 13.9. The van der Waals surface area contributed by atoms with Gasteiger partial charge in [-0.2, -0.15) is 0 Å². The minimum Gasteiger partial charge on any atom is -0.271 e. The van der Waals surface area contributed by atoms with E-state index >= 15 is 0 Å². The Hall–Kier alpha value is -0.560. The van der Waals surface area contributed by atoms with Gasteiger partial charge in [0.25, 0.3) is 0 Å². The van der Waals surface area contributed by atoms with Crippen LogP contribution >= 0.6 is 34.4 Å². The summed E-state index contributed by atoms with van der Waals surface area (Å²) < 4.78 is 1.27. The second-order valence-electron chi connectivity index (χ2n) is 5.06. The fourth-order valence-electron chi connectivity index (χ4n) is 2.71. The summed E-state index contributed by atoms with van der Waals surface area (Å²) in [6.07, 6.45) is 0.965. The molecule has 0 spiro atoms. The molecule has 0 aliphatic carbocycles. The molecule has 1 aliphatic heterocycles. The average molecular weight is 396 g/mol. The van der Waals surface area contributed by atoms with Crippen molar-refractivity contribution in [2.75, 3.05) is 5.75 Å². The van der Waals surface area contributed by atoms with Crippen molar-refractivity contribution in [2.45, 2.75) is 23.3 Å². The molecule has 2 aromatic rings. The fraction of sp³-hybridized carbons (Fsp3) is 0.250. The second-order valence-corrected chi connectivity index (χ2v) is 7.37. The van der Waals surface area contributed by atoms with E-state index < -0.39 is 0 Å². The van der Waals surface area contributed by atoms with Gasteiger partial charge in [-0.15, -0.1) is 11.8 Å². The molecule has 0 aromatic heterocycles. The Labute approximate surface area is 137 Å². The Morgan fingerprint density at radius 3 is 2.70 bits per heavy atom. The highest BCUT2D eigenvalue weighted by Crippen LogP contribution is 2.41. The van der Waals surface area contributed by atoms with Gasteiger partial charge in [-0.25, -0.2) is 0 Å². The minimum absolute atomic E-state index is 0.284. The van der Waals surface area contributed by atoms with Gasteiger partial charge < -0.3 is 0 Å². The third-order valence-electron chi connectivity index (χ3n) is 3.81. The predicted molar refractivity (Wildman–Crippen MR) is 93.9 cm³/mol. The van der Waals surface area contributed by atoms with E-state index in [0.29, 0.717) is 5.92 Å². The maximum Gasteiger partial charge on any atom is 0.0327 e. The van der Waals surface area contributed by atoms with Crippen molar-refractivity contribution >= 4 is 34.4 Å². The summed E-state index contributed by atoms with van der Waals surface area (Å²) in [5.74, 6) is 7.42. The summed E-state index contributed by atoms with van der Waals surface area (Å²) >= 11 is 4.27. The van der Waals surface area contributed by atoms with Crippen molar-refractivity contribution in [3.05, 3.63) is 63.2 Å². The van der Waals surface area contributed by atoms with Gasteiger partial charge in [0.15, 0.2) is 0 Å². The number of fused-ring (bicyclic) bond motifs is 1. The molecule has 104 valence electrons. The van der Waals surface area contributed by atoms with E-state index in [0.717, 1.165) is 12.2 Å². The summed E-state index contributed by atoms with van der Waals surface area (Å²) in [4.78, 5) is 1.40. The van der Waals surface area contributed by atoms with Crippen LogP contribution in [0.3, 0.4) is 0 Å². The van der Waals surface area contributed by atoms with Crippen LogP contribution < -0.4 is 11.3 Å². The number of hydrogen-bond acceptors (Lipinski definition) is 3. The standard InChI is InChI=1S/C16H17IN2S/c17-12-7-5-11(6-8-12)9-15(19-18)14-10-20-16-4-2-1-3-13(14)16/h1-8,14-15,19H,9-10,18H2. The van der Waals surface area contributed by atoms with Gasteiger partial charge in [0, 0.05) is 26.2 Å². The SMILES string of the molecule is NNC(Cc1ccc(I)cc1)C1CSc2ccccc21. The maximum atomic E-state index is 5.83. The molecule has 2 unspecified atom stereocenters. The van der Waals surface area contributed by atoms with Crippen LogP contribution in [0.4, 0.5) is 0 Å². The van der Waals surface area contributed by atoms with Crippen molar-refractivity contribution in [1.82, 2.24) is 5.43 Å². The molecule has 3 N–H and O–H groups in total. The molecule has 0 bridgehead atoms. The highest BCUT2D eigenvalue weighted by molar-refractivity contribution is 14.1. The molecule has 2 aromatic carbocycles. The van der Waals surface area contributed by atoms with E-state index in [1.807, 2.05) is 11.8 Å². The van der Waals surface area contributed by atoms with Crippen molar-refractivity contribution in [3.8, 4) is 0 Å². The van der Waals surface area contributed by atoms with Gasteiger partial charge in [-0.1, -0.05) is 30.3 Å². The summed E-state index contributed by atoms with van der Waals surface area (Å²) in [5, 5.41) is 0. The monoisotopic (exact) mass is 396 g/mol. The molecule has 1 heterocycles. The molecule has 4 heteroatoms. The van der Waals surface area contributed by atoms with Gasteiger partial charge in [0.1, 0.15) is 0 Å². The van der Waals surface area contributed by atoms with E-state index in [4.69, 9.17) is 5.84 Å². The quantitative estimate of drug-likeness (QED) is 0.472. The summed E-state index contributed by atoms with van der Waals surface area (Å²) in [5.41, 5.74) is 5.80. The highest BCUT2D eigenvalue weighted by Gasteiger charge is 2.29. The highest BCUT2D eigenvalue weighted by atomic mass is 127. The second kappa shape index (κ2) is 6.47. The number of nitrogens with two attached hydrogens (primary N) is 1. The van der Waals surface area contributed by atoms with Crippen molar-refractivity contribution in [1.29, 1.82) is 0 Å². The van der Waals surface area contributed by atoms with Crippen LogP contribution in [0.5, 0.6) is 0 Å². The Morgan fingerprint density at radius 1 is 1.20 bits per heavy atom. The lowest BCUT2D eigenvalue weighted by atomic mass is 9.89. The molecule has 0 radical (unpaired) electrons. The van der Waals surface area contributed by atoms with Crippen molar-refractivity contribution in [2.24, 2.45) is 5.84 Å². The van der Waals surface area contributed by atoms with Crippen LogP contribution in [0.1, 0.15) is 17.0 Å². The third-order valence-corrected chi connectivity index (χ3v) is 5.73. The first-order valence-electron chi connectivity index (χ1n) is 6.70. The van der Waals surface area contributed by atoms with Crippen LogP contribution in [0.2, 0.25) is 0 Å². The summed E-state index contributed by atoms with van der Waals surface area (Å²) in [6, 6.07) is 17.7. The smallest absolute Gasteiger partial charge is 0.0327 e. The number of rotatable bonds is 4. The van der Waals surface area contributed by atoms with Crippen LogP contribution in [-0.4, -0.2) is 11.8 Å². The molecule has 2 nitrogen and oxygen atoms in total. The lowest BCUT2D eigenvalue weighted by Crippen LogP contribution is -2.41. The molecule has 0 saturated carbocycles. The molecule has 0 saturated heterocycles. The van der Waals surface area contributed by atoms with Gasteiger partial charge in [0.05, 0.1) is 0 Å². The molecule has 0 fully saturated rings. The zero-order valence-corrected chi connectivity index (χ0v) is 14.0. The van der Waals surface area contributed by atoms with Crippen LogP contribution in [0.15, 0.2) is 53.4 Å². The summed E-state index contributed by atoms with van der Waals surface area (Å²) in [7, 11) is 0. The number of halogens is 1. The lowest BCUT2D eigenvalue weighted by molar-refractivity contribution is 0.463. The van der Waals surface area contributed by atoms with Crippen molar-refractivity contribution in [3.63, 3.8) is 0 Å². The van der Waals surface area contributed by atoms with Gasteiger partial charge in [-0.05, 0) is 58.3 Å². The first-order valence-corrected chi connectivity index (χ1v) is 8.76. The average Bonchev–Trinajstić information content (AvgIpc) is 2.91. The van der Waals surface area contributed by atoms with E-state index in [1.54, 1.807) is 0 Å². The van der Waals surface area contributed by atoms with Gasteiger partial charge >= 0.3 is 0 Å². The number of benzene rings is 2. The van der Waals surface area contributed by atoms with E-state index in [1.165, 1.54) is 19.6 Å². The number of thioether (sulfide) groups is 1. The van der Waals surface area contributed by atoms with Gasteiger partial charge in [0.2, 0.25) is 0 Å². The molecule has 1 aliphatic rings. The summed E-state index contributed by atoms with van der Waals surface area (Å²) in [6.45, 7) is 0. The lowest BCUT2D eigenvalue weighted by Gasteiger charge is -2.23. The topological polar surface area (TPSA) is 38.0 Å². The Bertz CT molecular complexity index is 585. The van der Waals surface area contributed by atoms with Crippen molar-refractivity contribution < 1.29 is 0 Å². The van der Waals surface area contributed by atoms with Gasteiger partial charge in [-0.3, -0.25) is 11.3 Å². The van der Waals surface area contributed by atoms with E-state index in [2.05, 4.69) is 76.5 Å². The number of nitrogens with one attached hydrogen (secondary N) is 1. The third kappa shape index (κ3) is 3.03. The van der Waals surface area contributed by atoms with Crippen LogP contribution in [-0.2, 0) is 6.42 Å². The van der Waals surface area contributed by atoms with Crippen LogP contribution in [0.25, 0.3) is 0 Å². The first-order chi connectivity index (χ1) is 9.78. The maximum absolute atomic E-state index is 5.83. The molecule has 20 heavy (non-hydrogen) atoms. The minimum atomic E-state index is 0.284. The molecular formula is C16H17IN2S. The molecular weight excluding hydrogens is 379 g/mol. The molecule has 2 atom stereocenters. The Kier molecular flexibility index (Phi) is 4.65. The Balaban J connectivity index is 1.79. The number of hydrogen-bond donors (Lipinski definition) is 2. The first kappa shape index (κ1) is 14.4. The van der Waals surface area contributed by atoms with Crippen LogP contribution in [0, 0.1) is 3.57 Å². The fourth-order valence-corrected chi connectivity index (χ4v) is 4.40. The zero-order valence-electron chi connectivity index (χ0n) is 11.1. The number of hydrazine groups is 1. The molecule has 0 amide bonds. The van der Waals surface area contributed by atoms with E-state index in [-0.39, 0.29) is 6.04 Å². The normalized spacial score (nSPS) is 18.8. The largest absolute Gasteiger partial charge is 0.271 e. The van der Waals surface area contributed by atoms with E-state index in [9.17, 15) is 0 Å².